The van der Waals surface area contributed by atoms with Gasteiger partial charge in [0.2, 0.25) is 0 Å². The Bertz CT molecular complexity index is 698. The van der Waals surface area contributed by atoms with Crippen molar-refractivity contribution < 1.29 is 5.11 Å². The second kappa shape index (κ2) is 8.90. The highest BCUT2D eigenvalue weighted by atomic mass is 35.5. The molecule has 0 amide bonds. The maximum Gasteiger partial charge on any atom is 0.0991 e. The maximum atomic E-state index is 9.10. The van der Waals surface area contributed by atoms with E-state index in [1.165, 1.54) is 0 Å². The van der Waals surface area contributed by atoms with Crippen LogP contribution in [0.15, 0.2) is 42.5 Å². The van der Waals surface area contributed by atoms with Gasteiger partial charge in [0.25, 0.3) is 0 Å². The van der Waals surface area contributed by atoms with Crippen LogP contribution in [-0.2, 0) is 13.1 Å². The highest BCUT2D eigenvalue weighted by molar-refractivity contribution is 6.42. The number of nitriles is 1. The predicted octanol–water partition coefficient (Wildman–Crippen LogP) is 4.25. The summed E-state index contributed by atoms with van der Waals surface area (Å²) in [5, 5.41) is 19.2. The first-order valence-electron chi connectivity index (χ1n) is 7.38. The molecule has 0 spiro atoms. The molecule has 1 N–H and O–H groups in total. The highest BCUT2D eigenvalue weighted by Crippen LogP contribution is 2.23. The molecule has 0 unspecified atom stereocenters. The van der Waals surface area contributed by atoms with Crippen molar-refractivity contribution in [1.82, 2.24) is 4.90 Å². The molecule has 0 saturated carbocycles. The normalized spacial score (nSPS) is 10.7. The lowest BCUT2D eigenvalue weighted by Gasteiger charge is -2.22. The molecule has 2 rings (SSSR count). The topological polar surface area (TPSA) is 47.3 Å². The van der Waals surface area contributed by atoms with Crippen molar-refractivity contribution in [1.29, 1.82) is 5.26 Å². The van der Waals surface area contributed by atoms with Gasteiger partial charge < -0.3 is 5.11 Å². The number of hydrogen-bond acceptors (Lipinski definition) is 3. The van der Waals surface area contributed by atoms with Crippen LogP contribution in [0.2, 0.25) is 10.0 Å². The van der Waals surface area contributed by atoms with Crippen molar-refractivity contribution in [2.45, 2.75) is 19.5 Å². The first kappa shape index (κ1) is 17.8. The van der Waals surface area contributed by atoms with Gasteiger partial charge in [0, 0.05) is 26.2 Å². The van der Waals surface area contributed by atoms with E-state index in [0.717, 1.165) is 17.7 Å². The van der Waals surface area contributed by atoms with Crippen molar-refractivity contribution in [2.75, 3.05) is 13.2 Å². The van der Waals surface area contributed by atoms with Crippen LogP contribution in [0.25, 0.3) is 0 Å². The van der Waals surface area contributed by atoms with Crippen LogP contribution in [0, 0.1) is 11.3 Å². The smallest absolute Gasteiger partial charge is 0.0991 e. The molecule has 3 nitrogen and oxygen atoms in total. The predicted molar refractivity (Wildman–Crippen MR) is 93.4 cm³/mol. The Labute approximate surface area is 146 Å². The Kier molecular flexibility index (Phi) is 6.88. The molecular weight excluding hydrogens is 331 g/mol. The summed E-state index contributed by atoms with van der Waals surface area (Å²) < 4.78 is 0. The number of benzene rings is 2. The van der Waals surface area contributed by atoms with Crippen molar-refractivity contribution in [3.05, 3.63) is 69.2 Å². The molecule has 0 aliphatic carbocycles. The molecule has 0 atom stereocenters. The summed E-state index contributed by atoms with van der Waals surface area (Å²) in [6, 6.07) is 15.3. The van der Waals surface area contributed by atoms with E-state index in [-0.39, 0.29) is 6.61 Å². The number of rotatable bonds is 7. The van der Waals surface area contributed by atoms with Crippen molar-refractivity contribution in [3.63, 3.8) is 0 Å². The Morgan fingerprint density at radius 3 is 2.39 bits per heavy atom. The molecule has 0 fully saturated rings. The SMILES string of the molecule is N#Cc1cccc(CN(CCCO)Cc2ccc(Cl)c(Cl)c2)c1. The van der Waals surface area contributed by atoms with Crippen LogP contribution in [0.1, 0.15) is 23.1 Å². The zero-order valence-electron chi connectivity index (χ0n) is 12.7. The monoisotopic (exact) mass is 348 g/mol. The third kappa shape index (κ3) is 5.53. The first-order valence-corrected chi connectivity index (χ1v) is 8.14. The second-order valence-electron chi connectivity index (χ2n) is 5.35. The van der Waals surface area contributed by atoms with Crippen molar-refractivity contribution >= 4 is 23.2 Å². The lowest BCUT2D eigenvalue weighted by atomic mass is 10.1. The number of hydrogen-bond donors (Lipinski definition) is 1. The minimum atomic E-state index is 0.149. The summed E-state index contributed by atoms with van der Waals surface area (Å²) in [6.07, 6.45) is 0.694. The standard InChI is InChI=1S/C18H18Cl2N2O/c19-17-6-5-16(10-18(17)20)13-22(7-2-8-23)12-15-4-1-3-14(9-15)11-21/h1,3-6,9-10,23H,2,7-8,12-13H2. The van der Waals surface area contributed by atoms with Gasteiger partial charge in [-0.1, -0.05) is 41.4 Å². The van der Waals surface area contributed by atoms with Crippen LogP contribution >= 0.6 is 23.2 Å². The fourth-order valence-electron chi connectivity index (χ4n) is 2.40. The molecule has 0 saturated heterocycles. The summed E-state index contributed by atoms with van der Waals surface area (Å²) in [6.45, 7) is 2.31. The van der Waals surface area contributed by atoms with E-state index in [2.05, 4.69) is 11.0 Å². The second-order valence-corrected chi connectivity index (χ2v) is 6.16. The fourth-order valence-corrected chi connectivity index (χ4v) is 2.72. The molecule has 0 heterocycles. The van der Waals surface area contributed by atoms with Gasteiger partial charge in [-0.3, -0.25) is 4.90 Å². The third-order valence-corrected chi connectivity index (χ3v) is 4.22. The summed E-state index contributed by atoms with van der Waals surface area (Å²) >= 11 is 12.0. The van der Waals surface area contributed by atoms with E-state index in [4.69, 9.17) is 33.6 Å². The van der Waals surface area contributed by atoms with Crippen molar-refractivity contribution in [3.8, 4) is 6.07 Å². The van der Waals surface area contributed by atoms with Crippen LogP contribution in [0.3, 0.4) is 0 Å². The van der Waals surface area contributed by atoms with E-state index in [9.17, 15) is 0 Å². The molecule has 23 heavy (non-hydrogen) atoms. The fraction of sp³-hybridized carbons (Fsp3) is 0.278. The summed E-state index contributed by atoms with van der Waals surface area (Å²) in [5.74, 6) is 0. The number of halogens is 2. The minimum Gasteiger partial charge on any atom is -0.396 e. The molecular formula is C18H18Cl2N2O. The summed E-state index contributed by atoms with van der Waals surface area (Å²) in [4.78, 5) is 2.21. The van der Waals surface area contributed by atoms with E-state index in [1.807, 2.05) is 30.3 Å². The third-order valence-electron chi connectivity index (χ3n) is 3.48. The number of nitrogens with zero attached hydrogens (tertiary/aromatic N) is 2. The van der Waals surface area contributed by atoms with E-state index >= 15 is 0 Å². The number of aliphatic hydroxyl groups is 1. The summed E-state index contributed by atoms with van der Waals surface area (Å²) in [5.41, 5.74) is 2.79. The Hall–Kier alpha value is -1.57. The Morgan fingerprint density at radius 1 is 1.00 bits per heavy atom. The van der Waals surface area contributed by atoms with Gasteiger partial charge in [0.05, 0.1) is 21.7 Å². The largest absolute Gasteiger partial charge is 0.396 e. The Morgan fingerprint density at radius 2 is 1.74 bits per heavy atom. The van der Waals surface area contributed by atoms with E-state index in [1.54, 1.807) is 12.1 Å². The van der Waals surface area contributed by atoms with Crippen LogP contribution < -0.4 is 0 Å². The minimum absolute atomic E-state index is 0.149. The molecule has 0 aliphatic heterocycles. The molecule has 0 aliphatic rings. The zero-order chi connectivity index (χ0) is 16.7. The average molecular weight is 349 g/mol. The van der Waals surface area contributed by atoms with E-state index in [0.29, 0.717) is 35.1 Å². The van der Waals surface area contributed by atoms with E-state index < -0.39 is 0 Å². The lowest BCUT2D eigenvalue weighted by molar-refractivity contribution is 0.212. The Balaban J connectivity index is 2.12. The van der Waals surface area contributed by atoms with Crippen molar-refractivity contribution in [2.24, 2.45) is 0 Å². The molecule has 0 bridgehead atoms. The molecule has 5 heteroatoms. The highest BCUT2D eigenvalue weighted by Gasteiger charge is 2.09. The van der Waals surface area contributed by atoms with Gasteiger partial charge in [-0.15, -0.1) is 0 Å². The molecule has 2 aromatic carbocycles. The van der Waals surface area contributed by atoms with Gasteiger partial charge in [-0.25, -0.2) is 0 Å². The van der Waals surface area contributed by atoms with Crippen LogP contribution in [0.5, 0.6) is 0 Å². The average Bonchev–Trinajstić information content (AvgIpc) is 2.56. The van der Waals surface area contributed by atoms with Gasteiger partial charge in [-0.2, -0.15) is 5.26 Å². The molecule has 120 valence electrons. The van der Waals surface area contributed by atoms with Gasteiger partial charge >= 0.3 is 0 Å². The molecule has 0 radical (unpaired) electrons. The summed E-state index contributed by atoms with van der Waals surface area (Å²) in [7, 11) is 0. The van der Waals surface area contributed by atoms with Crippen LogP contribution in [0.4, 0.5) is 0 Å². The molecule has 2 aromatic rings. The lowest BCUT2D eigenvalue weighted by Crippen LogP contribution is -2.24. The molecule has 0 aromatic heterocycles. The quantitative estimate of drug-likeness (QED) is 0.813. The number of aliphatic hydroxyl groups excluding tert-OH is 1. The van der Waals surface area contributed by atoms with Crippen LogP contribution in [-0.4, -0.2) is 23.2 Å². The first-order chi connectivity index (χ1) is 11.1. The maximum absolute atomic E-state index is 9.10. The van der Waals surface area contributed by atoms with Gasteiger partial charge in [0.15, 0.2) is 0 Å². The van der Waals surface area contributed by atoms with Gasteiger partial charge in [0.1, 0.15) is 0 Å². The zero-order valence-corrected chi connectivity index (χ0v) is 14.2. The van der Waals surface area contributed by atoms with Gasteiger partial charge in [-0.05, 0) is 41.8 Å².